The summed E-state index contributed by atoms with van der Waals surface area (Å²) in [5, 5.41) is 13.9. The maximum absolute atomic E-state index is 12.5. The maximum atomic E-state index is 12.5. The number of rotatable bonds is 5. The average molecular weight is 368 g/mol. The number of aliphatic hydroxyl groups excluding tert-OH is 1. The van der Waals surface area contributed by atoms with Gasteiger partial charge in [0.15, 0.2) is 0 Å². The van der Waals surface area contributed by atoms with Crippen LogP contribution in [0.1, 0.15) is 25.5 Å². The number of aromatic nitrogens is 1. The second-order valence-corrected chi connectivity index (χ2v) is 6.42. The summed E-state index contributed by atoms with van der Waals surface area (Å²) in [7, 11) is 0. The number of hydrogen-bond acceptors (Lipinski definition) is 3. The van der Waals surface area contributed by atoms with Crippen molar-refractivity contribution in [1.82, 2.24) is 9.88 Å². The number of nitrogens with one attached hydrogen (secondary N) is 1. The minimum atomic E-state index is -0.819. The van der Waals surface area contributed by atoms with E-state index in [1.165, 1.54) is 0 Å². The molecule has 0 spiro atoms. The molecule has 128 valence electrons. The highest BCUT2D eigenvalue weighted by atomic mass is 35.5. The largest absolute Gasteiger partial charge is 0.386 e. The van der Waals surface area contributed by atoms with Crippen LogP contribution in [0.25, 0.3) is 0 Å². The first-order valence-electron chi connectivity index (χ1n) is 7.49. The molecule has 0 fully saturated rings. The summed E-state index contributed by atoms with van der Waals surface area (Å²) in [6, 6.07) is 7.95. The maximum Gasteiger partial charge on any atom is 0.322 e. The molecular weight excluding hydrogens is 349 g/mol. The van der Waals surface area contributed by atoms with E-state index in [4.69, 9.17) is 23.2 Å². The Labute approximate surface area is 151 Å². The molecule has 2 aromatic rings. The lowest BCUT2D eigenvalue weighted by Gasteiger charge is -2.29. The van der Waals surface area contributed by atoms with Gasteiger partial charge in [0.1, 0.15) is 0 Å². The summed E-state index contributed by atoms with van der Waals surface area (Å²) in [6.07, 6.45) is 2.40. The summed E-state index contributed by atoms with van der Waals surface area (Å²) in [5.74, 6) is 0. The van der Waals surface area contributed by atoms with E-state index in [0.717, 1.165) is 0 Å². The fourth-order valence-corrected chi connectivity index (χ4v) is 2.46. The minimum absolute atomic E-state index is 0.0981. The van der Waals surface area contributed by atoms with Gasteiger partial charge in [-0.25, -0.2) is 4.79 Å². The van der Waals surface area contributed by atoms with E-state index in [2.05, 4.69) is 10.3 Å². The number of halogens is 2. The number of carbonyl (C=O) groups is 1. The van der Waals surface area contributed by atoms with Gasteiger partial charge in [-0.05, 0) is 38.1 Å². The lowest BCUT2D eigenvalue weighted by molar-refractivity contribution is 0.113. The highest BCUT2D eigenvalue weighted by Gasteiger charge is 2.21. The normalized spacial score (nSPS) is 12.1. The van der Waals surface area contributed by atoms with Gasteiger partial charge in [0, 0.05) is 29.7 Å². The molecule has 1 heterocycles. The zero-order valence-corrected chi connectivity index (χ0v) is 14.9. The molecular formula is C17H19Cl2N3O2. The molecule has 0 bridgehead atoms. The fraction of sp³-hybridized carbons (Fsp3) is 0.294. The summed E-state index contributed by atoms with van der Waals surface area (Å²) >= 11 is 11.8. The number of anilines is 1. The van der Waals surface area contributed by atoms with E-state index in [1.54, 1.807) is 47.6 Å². The first-order valence-corrected chi connectivity index (χ1v) is 8.24. The standard InChI is InChI=1S/C17H19Cl2N3O2/c1-11(2)22(10-16(23)12-4-3-7-20-9-12)17(24)21-13-5-6-14(18)15(19)8-13/h3-9,11,16,23H,10H2,1-2H3,(H,21,24). The molecule has 7 heteroatoms. The van der Waals surface area contributed by atoms with Crippen molar-refractivity contribution in [3.63, 3.8) is 0 Å². The fourth-order valence-electron chi connectivity index (χ4n) is 2.16. The summed E-state index contributed by atoms with van der Waals surface area (Å²) in [5.41, 5.74) is 1.20. The quantitative estimate of drug-likeness (QED) is 0.824. The second-order valence-electron chi connectivity index (χ2n) is 5.61. The van der Waals surface area contributed by atoms with Crippen molar-refractivity contribution in [3.05, 3.63) is 58.3 Å². The van der Waals surface area contributed by atoms with Gasteiger partial charge >= 0.3 is 6.03 Å². The summed E-state index contributed by atoms with van der Waals surface area (Å²) in [4.78, 5) is 18.1. The number of carbonyl (C=O) groups excluding carboxylic acids is 1. The van der Waals surface area contributed by atoms with Crippen molar-refractivity contribution in [2.75, 3.05) is 11.9 Å². The molecule has 0 aliphatic rings. The van der Waals surface area contributed by atoms with Crippen molar-refractivity contribution in [3.8, 4) is 0 Å². The number of aliphatic hydroxyl groups is 1. The molecule has 24 heavy (non-hydrogen) atoms. The Morgan fingerprint density at radius 1 is 1.29 bits per heavy atom. The molecule has 1 aromatic carbocycles. The average Bonchev–Trinajstić information content (AvgIpc) is 2.56. The number of amides is 2. The van der Waals surface area contributed by atoms with Gasteiger partial charge in [-0.1, -0.05) is 29.3 Å². The SMILES string of the molecule is CC(C)N(CC(O)c1cccnc1)C(=O)Nc1ccc(Cl)c(Cl)c1. The van der Waals surface area contributed by atoms with Gasteiger partial charge in [-0.15, -0.1) is 0 Å². The molecule has 5 nitrogen and oxygen atoms in total. The lowest BCUT2D eigenvalue weighted by atomic mass is 10.1. The van der Waals surface area contributed by atoms with Gasteiger partial charge in [0.25, 0.3) is 0 Å². The minimum Gasteiger partial charge on any atom is -0.386 e. The van der Waals surface area contributed by atoms with E-state index in [0.29, 0.717) is 21.3 Å². The highest BCUT2D eigenvalue weighted by Crippen LogP contribution is 2.25. The Morgan fingerprint density at radius 3 is 2.62 bits per heavy atom. The van der Waals surface area contributed by atoms with Crippen LogP contribution in [0.2, 0.25) is 10.0 Å². The predicted octanol–water partition coefficient (Wildman–Crippen LogP) is 4.36. The van der Waals surface area contributed by atoms with E-state index < -0.39 is 6.10 Å². The molecule has 0 radical (unpaired) electrons. The van der Waals surface area contributed by atoms with Crippen LogP contribution in [-0.4, -0.2) is 33.6 Å². The molecule has 2 amide bonds. The number of urea groups is 1. The van der Waals surface area contributed by atoms with Crippen molar-refractivity contribution in [1.29, 1.82) is 0 Å². The van der Waals surface area contributed by atoms with Gasteiger partial charge in [0.05, 0.1) is 22.7 Å². The van der Waals surface area contributed by atoms with Gasteiger partial charge in [0.2, 0.25) is 0 Å². The van der Waals surface area contributed by atoms with Crippen LogP contribution in [0.5, 0.6) is 0 Å². The van der Waals surface area contributed by atoms with Crippen molar-refractivity contribution in [2.45, 2.75) is 26.0 Å². The van der Waals surface area contributed by atoms with Crippen LogP contribution >= 0.6 is 23.2 Å². The first kappa shape index (κ1) is 18.5. The molecule has 1 aromatic heterocycles. The van der Waals surface area contributed by atoms with E-state index in [-0.39, 0.29) is 18.6 Å². The van der Waals surface area contributed by atoms with Crippen LogP contribution in [-0.2, 0) is 0 Å². The van der Waals surface area contributed by atoms with Crippen molar-refractivity contribution < 1.29 is 9.90 Å². The van der Waals surface area contributed by atoms with E-state index in [1.807, 2.05) is 13.8 Å². The smallest absolute Gasteiger partial charge is 0.322 e. The second kappa shape index (κ2) is 8.33. The third-order valence-corrected chi connectivity index (χ3v) is 4.23. The molecule has 2 rings (SSSR count). The van der Waals surface area contributed by atoms with Gasteiger partial charge in [-0.2, -0.15) is 0 Å². The van der Waals surface area contributed by atoms with Crippen molar-refractivity contribution >= 4 is 34.9 Å². The monoisotopic (exact) mass is 367 g/mol. The Balaban J connectivity index is 2.09. The molecule has 1 unspecified atom stereocenters. The summed E-state index contributed by atoms with van der Waals surface area (Å²) in [6.45, 7) is 3.91. The molecule has 1 atom stereocenters. The third-order valence-electron chi connectivity index (χ3n) is 3.49. The summed E-state index contributed by atoms with van der Waals surface area (Å²) < 4.78 is 0. The number of benzene rings is 1. The highest BCUT2D eigenvalue weighted by molar-refractivity contribution is 6.42. The Bertz CT molecular complexity index is 695. The molecule has 0 saturated heterocycles. The van der Waals surface area contributed by atoms with Crippen LogP contribution in [0.4, 0.5) is 10.5 Å². The van der Waals surface area contributed by atoms with E-state index >= 15 is 0 Å². The third kappa shape index (κ3) is 4.84. The Morgan fingerprint density at radius 2 is 2.04 bits per heavy atom. The topological polar surface area (TPSA) is 65.5 Å². The van der Waals surface area contributed by atoms with Crippen LogP contribution in [0.3, 0.4) is 0 Å². The molecule has 0 saturated carbocycles. The van der Waals surface area contributed by atoms with Gasteiger partial charge < -0.3 is 15.3 Å². The molecule has 2 N–H and O–H groups in total. The lowest BCUT2D eigenvalue weighted by Crippen LogP contribution is -2.42. The first-order chi connectivity index (χ1) is 11.4. The Hall–Kier alpha value is -1.82. The van der Waals surface area contributed by atoms with Crippen LogP contribution in [0.15, 0.2) is 42.7 Å². The number of nitrogens with zero attached hydrogens (tertiary/aromatic N) is 2. The van der Waals surface area contributed by atoms with Crippen LogP contribution < -0.4 is 5.32 Å². The number of pyridine rings is 1. The van der Waals surface area contributed by atoms with Crippen molar-refractivity contribution in [2.24, 2.45) is 0 Å². The predicted molar refractivity (Wildman–Crippen MR) is 96.5 cm³/mol. The molecule has 0 aliphatic carbocycles. The van der Waals surface area contributed by atoms with E-state index in [9.17, 15) is 9.90 Å². The Kier molecular flexibility index (Phi) is 6.43. The molecule has 0 aliphatic heterocycles. The van der Waals surface area contributed by atoms with Gasteiger partial charge in [-0.3, -0.25) is 4.98 Å². The zero-order valence-electron chi connectivity index (χ0n) is 13.4. The zero-order chi connectivity index (χ0) is 17.7. The number of hydrogen-bond donors (Lipinski definition) is 2. The van der Waals surface area contributed by atoms with Crippen LogP contribution in [0, 0.1) is 0 Å².